The Kier molecular flexibility index (Phi) is 5.13. The molecule has 1 aromatic carbocycles. The van der Waals surface area contributed by atoms with E-state index in [1.165, 1.54) is 37.8 Å². The van der Waals surface area contributed by atoms with Crippen LogP contribution in [0.4, 0.5) is 10.1 Å². The summed E-state index contributed by atoms with van der Waals surface area (Å²) < 4.78 is 19.0. The molecule has 0 aliphatic heterocycles. The Morgan fingerprint density at radius 2 is 1.95 bits per heavy atom. The molecule has 0 amide bonds. The van der Waals surface area contributed by atoms with Gasteiger partial charge in [0.05, 0.1) is 12.3 Å². The van der Waals surface area contributed by atoms with Crippen LogP contribution < -0.4 is 10.1 Å². The van der Waals surface area contributed by atoms with Crippen molar-refractivity contribution in [1.82, 2.24) is 0 Å². The van der Waals surface area contributed by atoms with Crippen molar-refractivity contribution < 1.29 is 9.13 Å². The number of ether oxygens (including phenoxy) is 1. The lowest BCUT2D eigenvalue weighted by Crippen LogP contribution is -2.39. The molecule has 1 aliphatic rings. The second kappa shape index (κ2) is 6.67. The molecule has 2 rings (SSSR count). The minimum atomic E-state index is -0.250. The molecule has 1 fully saturated rings. The van der Waals surface area contributed by atoms with Gasteiger partial charge in [-0.15, -0.1) is 0 Å². The first kappa shape index (κ1) is 16.1. The smallest absolute Gasteiger partial charge is 0.145 e. The number of benzene rings is 1. The molecule has 1 saturated carbocycles. The first-order valence-corrected chi connectivity index (χ1v) is 8.10. The van der Waals surface area contributed by atoms with Crippen molar-refractivity contribution in [1.29, 1.82) is 0 Å². The molecule has 3 heteroatoms. The molecule has 1 N–H and O–H groups in total. The second-order valence-electron chi connectivity index (χ2n) is 7.08. The third kappa shape index (κ3) is 4.12. The number of halogens is 1. The Labute approximate surface area is 128 Å². The van der Waals surface area contributed by atoms with Gasteiger partial charge >= 0.3 is 0 Å². The highest BCUT2D eigenvalue weighted by Gasteiger charge is 2.34. The molecule has 2 unspecified atom stereocenters. The zero-order valence-electron chi connectivity index (χ0n) is 13.7. The van der Waals surface area contributed by atoms with Crippen molar-refractivity contribution in [3.05, 3.63) is 24.0 Å². The van der Waals surface area contributed by atoms with E-state index >= 15 is 0 Å². The Hall–Kier alpha value is -1.25. The van der Waals surface area contributed by atoms with Crippen LogP contribution in [-0.4, -0.2) is 12.6 Å². The summed E-state index contributed by atoms with van der Waals surface area (Å²) in [6.07, 6.45) is 4.99. The fraction of sp³-hybridized carbons (Fsp3) is 0.667. The summed E-state index contributed by atoms with van der Waals surface area (Å²) in [6, 6.07) is 5.21. The summed E-state index contributed by atoms with van der Waals surface area (Å²) in [6.45, 7) is 9.40. The van der Waals surface area contributed by atoms with Crippen LogP contribution in [0.25, 0.3) is 0 Å². The number of hydrogen-bond acceptors (Lipinski definition) is 2. The highest BCUT2D eigenvalue weighted by Crippen LogP contribution is 2.40. The van der Waals surface area contributed by atoms with Gasteiger partial charge in [-0.1, -0.05) is 33.6 Å². The third-order valence-electron chi connectivity index (χ3n) is 4.46. The minimum absolute atomic E-state index is 0.250. The van der Waals surface area contributed by atoms with Gasteiger partial charge in [0.25, 0.3) is 0 Å². The molecule has 118 valence electrons. The van der Waals surface area contributed by atoms with Gasteiger partial charge in [0, 0.05) is 12.1 Å². The van der Waals surface area contributed by atoms with Gasteiger partial charge < -0.3 is 10.1 Å². The Morgan fingerprint density at radius 3 is 2.62 bits per heavy atom. The lowest BCUT2D eigenvalue weighted by Gasteiger charge is -2.41. The van der Waals surface area contributed by atoms with E-state index in [0.717, 1.165) is 5.69 Å². The zero-order valence-corrected chi connectivity index (χ0v) is 13.7. The van der Waals surface area contributed by atoms with E-state index in [1.54, 1.807) is 6.07 Å². The summed E-state index contributed by atoms with van der Waals surface area (Å²) in [5.41, 5.74) is 1.20. The van der Waals surface area contributed by atoms with E-state index < -0.39 is 0 Å². The van der Waals surface area contributed by atoms with Crippen LogP contribution in [0.2, 0.25) is 0 Å². The second-order valence-corrected chi connectivity index (χ2v) is 7.08. The van der Waals surface area contributed by atoms with E-state index in [1.807, 2.05) is 6.92 Å². The molecule has 0 heterocycles. The fourth-order valence-electron chi connectivity index (χ4n) is 3.43. The Morgan fingerprint density at radius 1 is 1.24 bits per heavy atom. The van der Waals surface area contributed by atoms with Crippen LogP contribution in [0, 0.1) is 17.2 Å². The van der Waals surface area contributed by atoms with Gasteiger partial charge in [-0.05, 0) is 43.2 Å². The maximum absolute atomic E-state index is 13.4. The number of nitrogens with one attached hydrogen (secondary N) is 1. The highest BCUT2D eigenvalue weighted by atomic mass is 19.1. The number of rotatable bonds is 4. The van der Waals surface area contributed by atoms with Gasteiger partial charge in [0.2, 0.25) is 0 Å². The molecule has 0 spiro atoms. The first-order chi connectivity index (χ1) is 9.91. The summed E-state index contributed by atoms with van der Waals surface area (Å²) in [5.74, 6) is 1.00. The third-order valence-corrected chi connectivity index (χ3v) is 4.46. The average Bonchev–Trinajstić information content (AvgIpc) is 2.41. The monoisotopic (exact) mass is 293 g/mol. The van der Waals surface area contributed by atoms with Crippen molar-refractivity contribution in [3.8, 4) is 5.75 Å². The molecule has 2 nitrogen and oxygen atoms in total. The van der Waals surface area contributed by atoms with E-state index in [0.29, 0.717) is 24.3 Å². The molecular weight excluding hydrogens is 265 g/mol. The molecule has 2 atom stereocenters. The minimum Gasteiger partial charge on any atom is -0.492 e. The number of anilines is 1. The molecule has 0 radical (unpaired) electrons. The molecule has 1 aliphatic carbocycles. The van der Waals surface area contributed by atoms with Crippen molar-refractivity contribution in [2.24, 2.45) is 11.3 Å². The maximum Gasteiger partial charge on any atom is 0.145 e. The van der Waals surface area contributed by atoms with Crippen molar-refractivity contribution >= 4 is 5.69 Å². The standard InChI is InChI=1S/C18H28FNO/c1-5-21-17-12-13(19)10-11-16(17)20-15-9-7-6-8-14(15)18(2,3)4/h10-12,14-15,20H,5-9H2,1-4H3. The molecule has 0 bridgehead atoms. The highest BCUT2D eigenvalue weighted by molar-refractivity contribution is 5.57. The maximum atomic E-state index is 13.4. The quantitative estimate of drug-likeness (QED) is 0.819. The summed E-state index contributed by atoms with van der Waals surface area (Å²) in [7, 11) is 0. The average molecular weight is 293 g/mol. The van der Waals surface area contributed by atoms with Gasteiger partial charge in [-0.3, -0.25) is 0 Å². The molecule has 0 saturated heterocycles. The molecule has 1 aromatic rings. The lowest BCUT2D eigenvalue weighted by molar-refractivity contribution is 0.162. The van der Waals surface area contributed by atoms with E-state index in [2.05, 4.69) is 26.1 Å². The molecular formula is C18H28FNO. The van der Waals surface area contributed by atoms with Gasteiger partial charge in [-0.25, -0.2) is 4.39 Å². The predicted octanol–water partition coefficient (Wildman–Crippen LogP) is 5.24. The number of hydrogen-bond donors (Lipinski definition) is 1. The van der Waals surface area contributed by atoms with Crippen molar-refractivity contribution in [3.63, 3.8) is 0 Å². The van der Waals surface area contributed by atoms with E-state index in [-0.39, 0.29) is 11.2 Å². The lowest BCUT2D eigenvalue weighted by atomic mass is 9.69. The Balaban J connectivity index is 2.19. The van der Waals surface area contributed by atoms with Crippen LogP contribution in [0.3, 0.4) is 0 Å². The van der Waals surface area contributed by atoms with Crippen LogP contribution >= 0.6 is 0 Å². The Bertz CT molecular complexity index is 467. The predicted molar refractivity (Wildman–Crippen MR) is 86.4 cm³/mol. The first-order valence-electron chi connectivity index (χ1n) is 8.10. The summed E-state index contributed by atoms with van der Waals surface area (Å²) >= 11 is 0. The van der Waals surface area contributed by atoms with E-state index in [9.17, 15) is 4.39 Å². The van der Waals surface area contributed by atoms with Gasteiger partial charge in [0.15, 0.2) is 0 Å². The summed E-state index contributed by atoms with van der Waals surface area (Å²) in [5, 5.41) is 3.63. The molecule has 0 aromatic heterocycles. The van der Waals surface area contributed by atoms with Crippen LogP contribution in [-0.2, 0) is 0 Å². The SMILES string of the molecule is CCOc1cc(F)ccc1NC1CCCCC1C(C)(C)C. The van der Waals surface area contributed by atoms with Crippen molar-refractivity contribution in [2.75, 3.05) is 11.9 Å². The molecule has 21 heavy (non-hydrogen) atoms. The zero-order chi connectivity index (χ0) is 15.5. The van der Waals surface area contributed by atoms with Crippen LogP contribution in [0.1, 0.15) is 53.4 Å². The van der Waals surface area contributed by atoms with Crippen LogP contribution in [0.15, 0.2) is 18.2 Å². The fourth-order valence-corrected chi connectivity index (χ4v) is 3.43. The van der Waals surface area contributed by atoms with Gasteiger partial charge in [0.1, 0.15) is 11.6 Å². The largest absolute Gasteiger partial charge is 0.492 e. The topological polar surface area (TPSA) is 21.3 Å². The summed E-state index contributed by atoms with van der Waals surface area (Å²) in [4.78, 5) is 0. The van der Waals surface area contributed by atoms with Gasteiger partial charge in [-0.2, -0.15) is 0 Å². The van der Waals surface area contributed by atoms with Crippen molar-refractivity contribution in [2.45, 2.75) is 59.4 Å². The van der Waals surface area contributed by atoms with Crippen LogP contribution in [0.5, 0.6) is 5.75 Å². The normalized spacial score (nSPS) is 22.9. The van der Waals surface area contributed by atoms with E-state index in [4.69, 9.17) is 4.74 Å².